The van der Waals surface area contributed by atoms with E-state index < -0.39 is 0 Å². The van der Waals surface area contributed by atoms with Crippen LogP contribution in [0.15, 0.2) is 192 Å². The minimum Gasteiger partial charge on any atom is -0.455 e. The summed E-state index contributed by atoms with van der Waals surface area (Å²) in [6.07, 6.45) is 0. The molecule has 0 aliphatic carbocycles. The Morgan fingerprint density at radius 2 is 0.904 bits per heavy atom. The Balaban J connectivity index is 1.19. The number of rotatable bonds is 4. The molecule has 0 N–H and O–H groups in total. The van der Waals surface area contributed by atoms with Gasteiger partial charge in [0.15, 0.2) is 0 Å². The standard InChI is InChI=1S/C50H31NO/c1-3-14-32(15-4-1)48-39-20-7-8-21-40(39)49(33-16-5-2-6-17-33)44-31-35(27-28-41(44)48)51-45-24-11-9-18-37(45)43-30-34(26-29-46(43)51)36-22-13-23-42-38-19-10-12-25-47(38)52-50(36)42/h1-31H. The monoisotopic (exact) mass is 661 g/mol. The summed E-state index contributed by atoms with van der Waals surface area (Å²) in [4.78, 5) is 0. The third-order valence-corrected chi connectivity index (χ3v) is 10.8. The predicted octanol–water partition coefficient (Wildman–Crippen LogP) is 14.0. The highest BCUT2D eigenvalue weighted by molar-refractivity contribution is 6.22. The van der Waals surface area contributed by atoms with E-state index in [0.29, 0.717) is 0 Å². The van der Waals surface area contributed by atoms with Gasteiger partial charge in [0.25, 0.3) is 0 Å². The summed E-state index contributed by atoms with van der Waals surface area (Å²) in [5, 5.41) is 9.72. The maximum atomic E-state index is 6.47. The van der Waals surface area contributed by atoms with E-state index in [9.17, 15) is 0 Å². The molecule has 0 bridgehead atoms. The lowest BCUT2D eigenvalue weighted by molar-refractivity contribution is 0.670. The van der Waals surface area contributed by atoms with Gasteiger partial charge in [-0.3, -0.25) is 0 Å². The van der Waals surface area contributed by atoms with Crippen molar-refractivity contribution in [3.05, 3.63) is 188 Å². The molecular formula is C50H31NO. The SMILES string of the molecule is c1ccc(-c2c3ccccc3c(-c3ccccc3)c3cc(-n4c5ccccc5c5cc(-c6cccc7c6oc6ccccc67)ccc54)ccc23)cc1. The van der Waals surface area contributed by atoms with Crippen LogP contribution in [0.3, 0.4) is 0 Å². The fourth-order valence-corrected chi connectivity index (χ4v) is 8.53. The molecule has 0 saturated heterocycles. The van der Waals surface area contributed by atoms with Gasteiger partial charge in [-0.25, -0.2) is 0 Å². The molecular weight excluding hydrogens is 631 g/mol. The highest BCUT2D eigenvalue weighted by Crippen LogP contribution is 2.45. The Labute approximate surface area is 300 Å². The van der Waals surface area contributed by atoms with Gasteiger partial charge in [-0.1, -0.05) is 152 Å². The molecule has 0 atom stereocenters. The Morgan fingerprint density at radius 1 is 0.327 bits per heavy atom. The van der Waals surface area contributed by atoms with Crippen molar-refractivity contribution < 1.29 is 4.42 Å². The smallest absolute Gasteiger partial charge is 0.143 e. The van der Waals surface area contributed by atoms with Crippen molar-refractivity contribution in [3.63, 3.8) is 0 Å². The number of furan rings is 1. The van der Waals surface area contributed by atoms with Gasteiger partial charge in [0.2, 0.25) is 0 Å². The average molecular weight is 662 g/mol. The molecule has 0 saturated carbocycles. The molecule has 2 heteroatoms. The quantitative estimate of drug-likeness (QED) is 0.172. The number of nitrogens with zero attached hydrogens (tertiary/aromatic N) is 1. The molecule has 2 heterocycles. The Bertz CT molecular complexity index is 3170. The molecule has 0 aliphatic heterocycles. The highest BCUT2D eigenvalue weighted by Gasteiger charge is 2.20. The minimum absolute atomic E-state index is 0.914. The Hall–Kier alpha value is -6.90. The van der Waals surface area contributed by atoms with Gasteiger partial charge >= 0.3 is 0 Å². The van der Waals surface area contributed by atoms with Crippen molar-refractivity contribution in [2.75, 3.05) is 0 Å². The van der Waals surface area contributed by atoms with E-state index in [4.69, 9.17) is 4.42 Å². The van der Waals surface area contributed by atoms with Gasteiger partial charge in [-0.05, 0) is 85.8 Å². The van der Waals surface area contributed by atoms with Crippen LogP contribution in [0.2, 0.25) is 0 Å². The van der Waals surface area contributed by atoms with Gasteiger partial charge in [-0.15, -0.1) is 0 Å². The Morgan fingerprint density at radius 3 is 1.65 bits per heavy atom. The molecule has 0 radical (unpaired) electrons. The van der Waals surface area contributed by atoms with Crippen LogP contribution < -0.4 is 0 Å². The maximum absolute atomic E-state index is 6.47. The Kier molecular flexibility index (Phi) is 6.28. The van der Waals surface area contributed by atoms with E-state index in [-0.39, 0.29) is 0 Å². The summed E-state index contributed by atoms with van der Waals surface area (Å²) >= 11 is 0. The van der Waals surface area contributed by atoms with Gasteiger partial charge in [0, 0.05) is 32.8 Å². The van der Waals surface area contributed by atoms with Crippen molar-refractivity contribution in [1.29, 1.82) is 0 Å². The summed E-state index contributed by atoms with van der Waals surface area (Å²) in [6.45, 7) is 0. The summed E-state index contributed by atoms with van der Waals surface area (Å²) in [6, 6.07) is 68.0. The summed E-state index contributed by atoms with van der Waals surface area (Å²) in [5.74, 6) is 0. The fourth-order valence-electron chi connectivity index (χ4n) is 8.53. The number of hydrogen-bond donors (Lipinski definition) is 0. The first-order valence-corrected chi connectivity index (χ1v) is 17.9. The zero-order valence-electron chi connectivity index (χ0n) is 28.3. The van der Waals surface area contributed by atoms with Crippen molar-refractivity contribution >= 4 is 65.3 Å². The first kappa shape index (κ1) is 28.9. The fraction of sp³-hybridized carbons (Fsp3) is 0. The average Bonchev–Trinajstić information content (AvgIpc) is 3.76. The number of para-hydroxylation sites is 3. The largest absolute Gasteiger partial charge is 0.455 e. The number of benzene rings is 9. The molecule has 11 aromatic rings. The van der Waals surface area contributed by atoms with Gasteiger partial charge in [0.05, 0.1) is 11.0 Å². The van der Waals surface area contributed by atoms with Gasteiger partial charge in [-0.2, -0.15) is 0 Å². The molecule has 52 heavy (non-hydrogen) atoms. The first-order chi connectivity index (χ1) is 25.8. The summed E-state index contributed by atoms with van der Waals surface area (Å²) in [5.41, 5.74) is 12.5. The molecule has 0 aliphatic rings. The molecule has 11 rings (SSSR count). The topological polar surface area (TPSA) is 18.1 Å². The molecule has 9 aromatic carbocycles. The van der Waals surface area contributed by atoms with E-state index in [0.717, 1.165) is 38.8 Å². The van der Waals surface area contributed by atoms with Crippen molar-refractivity contribution in [3.8, 4) is 39.1 Å². The maximum Gasteiger partial charge on any atom is 0.143 e. The van der Waals surface area contributed by atoms with E-state index in [1.54, 1.807) is 0 Å². The summed E-state index contributed by atoms with van der Waals surface area (Å²) < 4.78 is 8.90. The molecule has 0 unspecified atom stereocenters. The van der Waals surface area contributed by atoms with Crippen LogP contribution in [0.25, 0.3) is 104 Å². The van der Waals surface area contributed by atoms with Crippen molar-refractivity contribution in [2.45, 2.75) is 0 Å². The van der Waals surface area contributed by atoms with Crippen LogP contribution in [0.4, 0.5) is 0 Å². The molecule has 0 spiro atoms. The lowest BCUT2D eigenvalue weighted by atomic mass is 9.86. The molecule has 0 fully saturated rings. The van der Waals surface area contributed by atoms with E-state index in [2.05, 4.69) is 180 Å². The van der Waals surface area contributed by atoms with Crippen LogP contribution in [0.1, 0.15) is 0 Å². The number of hydrogen-bond acceptors (Lipinski definition) is 1. The zero-order chi connectivity index (χ0) is 34.2. The first-order valence-electron chi connectivity index (χ1n) is 17.9. The summed E-state index contributed by atoms with van der Waals surface area (Å²) in [7, 11) is 0. The third-order valence-electron chi connectivity index (χ3n) is 10.8. The number of fused-ring (bicyclic) bond motifs is 8. The van der Waals surface area contributed by atoms with Crippen molar-refractivity contribution in [2.24, 2.45) is 0 Å². The van der Waals surface area contributed by atoms with E-state index >= 15 is 0 Å². The highest BCUT2D eigenvalue weighted by atomic mass is 16.3. The molecule has 2 aromatic heterocycles. The van der Waals surface area contributed by atoms with Crippen LogP contribution in [-0.2, 0) is 0 Å². The number of aromatic nitrogens is 1. The van der Waals surface area contributed by atoms with Gasteiger partial charge in [0.1, 0.15) is 11.2 Å². The molecule has 0 amide bonds. The van der Waals surface area contributed by atoms with Crippen LogP contribution in [0.5, 0.6) is 0 Å². The van der Waals surface area contributed by atoms with E-state index in [1.165, 1.54) is 65.6 Å². The normalized spacial score (nSPS) is 11.8. The third kappa shape index (κ3) is 4.25. The van der Waals surface area contributed by atoms with E-state index in [1.807, 2.05) is 12.1 Å². The lowest BCUT2D eigenvalue weighted by Crippen LogP contribution is -1.96. The molecule has 2 nitrogen and oxygen atoms in total. The zero-order valence-corrected chi connectivity index (χ0v) is 28.3. The van der Waals surface area contributed by atoms with Crippen LogP contribution in [0, 0.1) is 0 Å². The van der Waals surface area contributed by atoms with Gasteiger partial charge < -0.3 is 8.98 Å². The predicted molar refractivity (Wildman–Crippen MR) is 219 cm³/mol. The second-order valence-corrected chi connectivity index (χ2v) is 13.6. The van der Waals surface area contributed by atoms with Crippen LogP contribution in [-0.4, -0.2) is 4.57 Å². The lowest BCUT2D eigenvalue weighted by Gasteiger charge is -2.19. The second-order valence-electron chi connectivity index (χ2n) is 13.6. The van der Waals surface area contributed by atoms with Crippen LogP contribution >= 0.6 is 0 Å². The van der Waals surface area contributed by atoms with Crippen molar-refractivity contribution in [1.82, 2.24) is 4.57 Å². The minimum atomic E-state index is 0.914. The molecule has 242 valence electrons. The second kappa shape index (κ2) is 11.3.